The molecule has 1 aliphatic carbocycles. The predicted molar refractivity (Wildman–Crippen MR) is 76.0 cm³/mol. The zero-order valence-electron chi connectivity index (χ0n) is 10.6. The molecule has 0 saturated carbocycles. The van der Waals surface area contributed by atoms with E-state index in [1.165, 1.54) is 28.3 Å². The average Bonchev–Trinajstić information content (AvgIpc) is 2.92. The molecule has 19 heavy (non-hydrogen) atoms. The Bertz CT molecular complexity index is 542. The fourth-order valence-corrected chi connectivity index (χ4v) is 3.00. The zero-order chi connectivity index (χ0) is 13.1. The van der Waals surface area contributed by atoms with Crippen molar-refractivity contribution in [2.75, 3.05) is 6.54 Å². The molecule has 5 heteroatoms. The minimum absolute atomic E-state index is 0.552. The van der Waals surface area contributed by atoms with Crippen LogP contribution in [0.1, 0.15) is 23.4 Å². The molecule has 1 aromatic carbocycles. The number of hydrogen-bond acceptors (Lipinski definition) is 4. The number of aryl methyl sites for hydroxylation is 1. The summed E-state index contributed by atoms with van der Waals surface area (Å²) in [5, 5.41) is 7.18. The van der Waals surface area contributed by atoms with Crippen LogP contribution in [0.25, 0.3) is 0 Å². The van der Waals surface area contributed by atoms with E-state index in [0.29, 0.717) is 11.9 Å². The van der Waals surface area contributed by atoms with Gasteiger partial charge in [0.15, 0.2) is 6.33 Å². The van der Waals surface area contributed by atoms with E-state index in [1.54, 1.807) is 0 Å². The van der Waals surface area contributed by atoms with Gasteiger partial charge in [0.25, 0.3) is 0 Å². The second kappa shape index (κ2) is 5.84. The summed E-state index contributed by atoms with van der Waals surface area (Å²) in [6.45, 7) is 0.888. The summed E-state index contributed by atoms with van der Waals surface area (Å²) in [6.07, 6.45) is 5.68. The van der Waals surface area contributed by atoms with Crippen LogP contribution in [0.4, 0.5) is 0 Å². The molecule has 1 N–H and O–H groups in total. The van der Waals surface area contributed by atoms with Gasteiger partial charge in [-0.25, -0.2) is 0 Å². The number of rotatable bonds is 4. The van der Waals surface area contributed by atoms with Crippen LogP contribution in [0, 0.1) is 0 Å². The number of nitrogens with zero attached hydrogens (tertiary/aromatic N) is 2. The monoisotopic (exact) mass is 321 g/mol. The molecule has 0 spiro atoms. The third-order valence-electron chi connectivity index (χ3n) is 3.58. The van der Waals surface area contributed by atoms with Gasteiger partial charge in [-0.05, 0) is 42.5 Å². The van der Waals surface area contributed by atoms with Crippen LogP contribution in [-0.4, -0.2) is 22.7 Å². The van der Waals surface area contributed by atoms with E-state index < -0.39 is 0 Å². The van der Waals surface area contributed by atoms with Crippen molar-refractivity contribution in [2.45, 2.75) is 31.7 Å². The van der Waals surface area contributed by atoms with Crippen LogP contribution in [0.3, 0.4) is 0 Å². The number of halogens is 1. The van der Waals surface area contributed by atoms with Crippen LogP contribution in [0.5, 0.6) is 0 Å². The Morgan fingerprint density at radius 3 is 3.16 bits per heavy atom. The number of hydrogen-bond donors (Lipinski definition) is 1. The van der Waals surface area contributed by atoms with Crippen molar-refractivity contribution in [1.82, 2.24) is 15.5 Å². The molecule has 0 fully saturated rings. The van der Waals surface area contributed by atoms with E-state index in [2.05, 4.69) is 49.6 Å². The minimum atomic E-state index is 0.552. The molecule has 0 bridgehead atoms. The van der Waals surface area contributed by atoms with Gasteiger partial charge in [-0.1, -0.05) is 27.2 Å². The van der Waals surface area contributed by atoms with Gasteiger partial charge < -0.3 is 9.84 Å². The fourth-order valence-electron chi connectivity index (χ4n) is 2.59. The molecule has 0 amide bonds. The molecule has 2 aromatic rings. The van der Waals surface area contributed by atoms with Crippen LogP contribution in [-0.2, 0) is 19.3 Å². The van der Waals surface area contributed by atoms with E-state index in [1.807, 2.05) is 0 Å². The maximum absolute atomic E-state index is 4.99. The van der Waals surface area contributed by atoms with Crippen LogP contribution in [0.2, 0.25) is 0 Å². The number of aromatic nitrogens is 2. The topological polar surface area (TPSA) is 51.0 Å². The van der Waals surface area contributed by atoms with E-state index in [-0.39, 0.29) is 0 Å². The van der Waals surface area contributed by atoms with Crippen LogP contribution >= 0.6 is 15.9 Å². The fraction of sp³-hybridized carbons (Fsp3) is 0.429. The summed E-state index contributed by atoms with van der Waals surface area (Å²) in [5.74, 6) is 0.702. The first-order valence-corrected chi connectivity index (χ1v) is 7.37. The molecule has 100 valence electrons. The van der Waals surface area contributed by atoms with Crippen molar-refractivity contribution in [3.8, 4) is 0 Å². The standard InChI is InChI=1S/C14H16BrN3O/c15-12-3-1-11-8-13(4-2-10(11)7-12)16-6-5-14-17-9-18-19-14/h1,3,7,9,13,16H,2,4-6,8H2. The van der Waals surface area contributed by atoms with Crippen molar-refractivity contribution in [1.29, 1.82) is 0 Å². The lowest BCUT2D eigenvalue weighted by molar-refractivity contribution is 0.368. The van der Waals surface area contributed by atoms with Gasteiger partial charge in [-0.3, -0.25) is 0 Å². The largest absolute Gasteiger partial charge is 0.340 e. The molecule has 0 aliphatic heterocycles. The van der Waals surface area contributed by atoms with E-state index in [4.69, 9.17) is 4.52 Å². The van der Waals surface area contributed by atoms with Crippen molar-refractivity contribution >= 4 is 15.9 Å². The van der Waals surface area contributed by atoms with Crippen molar-refractivity contribution in [3.05, 3.63) is 46.0 Å². The molecule has 1 atom stereocenters. The van der Waals surface area contributed by atoms with Gasteiger partial charge in [-0.15, -0.1) is 0 Å². The molecule has 1 unspecified atom stereocenters. The lowest BCUT2D eigenvalue weighted by atomic mass is 9.88. The highest BCUT2D eigenvalue weighted by Gasteiger charge is 2.18. The summed E-state index contributed by atoms with van der Waals surface area (Å²) in [4.78, 5) is 4.02. The van der Waals surface area contributed by atoms with E-state index in [9.17, 15) is 0 Å². The van der Waals surface area contributed by atoms with Crippen LogP contribution < -0.4 is 5.32 Å². The summed E-state index contributed by atoms with van der Waals surface area (Å²) in [6, 6.07) is 7.14. The molecule has 1 aliphatic rings. The Balaban J connectivity index is 1.53. The summed E-state index contributed by atoms with van der Waals surface area (Å²) < 4.78 is 6.16. The predicted octanol–water partition coefficient (Wildman–Crippen LogP) is 2.52. The molecular weight excluding hydrogens is 306 g/mol. The second-order valence-corrected chi connectivity index (χ2v) is 5.81. The molecule has 3 rings (SSSR count). The van der Waals surface area contributed by atoms with Gasteiger partial charge in [-0.2, -0.15) is 4.98 Å². The molecule has 0 saturated heterocycles. The highest BCUT2D eigenvalue weighted by Crippen LogP contribution is 2.24. The third kappa shape index (κ3) is 3.22. The Kier molecular flexibility index (Phi) is 3.94. The Hall–Kier alpha value is -1.20. The smallest absolute Gasteiger partial charge is 0.227 e. The molecule has 4 nitrogen and oxygen atoms in total. The second-order valence-electron chi connectivity index (χ2n) is 4.89. The highest BCUT2D eigenvalue weighted by molar-refractivity contribution is 9.10. The van der Waals surface area contributed by atoms with E-state index >= 15 is 0 Å². The minimum Gasteiger partial charge on any atom is -0.340 e. The van der Waals surface area contributed by atoms with Crippen molar-refractivity contribution in [2.24, 2.45) is 0 Å². The maximum Gasteiger partial charge on any atom is 0.227 e. The lowest BCUT2D eigenvalue weighted by Gasteiger charge is -2.25. The Morgan fingerprint density at radius 2 is 2.32 bits per heavy atom. The molecule has 1 heterocycles. The number of benzene rings is 1. The van der Waals surface area contributed by atoms with Gasteiger partial charge in [0.2, 0.25) is 5.89 Å². The average molecular weight is 322 g/mol. The number of fused-ring (bicyclic) bond motifs is 1. The van der Waals surface area contributed by atoms with Gasteiger partial charge >= 0.3 is 0 Å². The first kappa shape index (κ1) is 12.8. The van der Waals surface area contributed by atoms with Crippen molar-refractivity contribution < 1.29 is 4.52 Å². The molecule has 1 aromatic heterocycles. The molecular formula is C14H16BrN3O. The third-order valence-corrected chi connectivity index (χ3v) is 4.07. The quantitative estimate of drug-likeness (QED) is 0.940. The van der Waals surface area contributed by atoms with Crippen molar-refractivity contribution in [3.63, 3.8) is 0 Å². The lowest BCUT2D eigenvalue weighted by Crippen LogP contribution is -2.35. The van der Waals surface area contributed by atoms with E-state index in [0.717, 1.165) is 25.8 Å². The van der Waals surface area contributed by atoms with Gasteiger partial charge in [0.1, 0.15) is 0 Å². The first-order valence-electron chi connectivity index (χ1n) is 6.57. The maximum atomic E-state index is 4.99. The SMILES string of the molecule is Brc1ccc2c(c1)CCC(NCCc1ncno1)C2. The van der Waals surface area contributed by atoms with Gasteiger partial charge in [0, 0.05) is 23.5 Å². The highest BCUT2D eigenvalue weighted by atomic mass is 79.9. The first-order chi connectivity index (χ1) is 9.31. The van der Waals surface area contributed by atoms with Gasteiger partial charge in [0.05, 0.1) is 0 Å². The summed E-state index contributed by atoms with van der Waals surface area (Å²) in [5.41, 5.74) is 2.94. The Morgan fingerprint density at radius 1 is 1.37 bits per heavy atom. The summed E-state index contributed by atoms with van der Waals surface area (Å²) in [7, 11) is 0. The summed E-state index contributed by atoms with van der Waals surface area (Å²) >= 11 is 3.53. The number of nitrogens with one attached hydrogen (secondary N) is 1. The Labute approximate surface area is 120 Å². The van der Waals surface area contributed by atoms with Crippen LogP contribution in [0.15, 0.2) is 33.5 Å². The zero-order valence-corrected chi connectivity index (χ0v) is 12.2. The normalized spacial score (nSPS) is 18.3. The molecule has 0 radical (unpaired) electrons.